The summed E-state index contributed by atoms with van der Waals surface area (Å²) in [5.41, 5.74) is 0.581. The highest BCUT2D eigenvalue weighted by Gasteiger charge is 2.17. The zero-order chi connectivity index (χ0) is 17.3. The number of halogens is 1. The van der Waals surface area contributed by atoms with E-state index in [0.717, 1.165) is 0 Å². The molecule has 0 radical (unpaired) electrons. The van der Waals surface area contributed by atoms with Crippen molar-refractivity contribution in [3.8, 4) is 0 Å². The number of hydrogen-bond donors (Lipinski definition) is 1. The fourth-order valence-corrected chi connectivity index (χ4v) is 1.57. The molecule has 0 saturated carbocycles. The second-order valence-electron chi connectivity index (χ2n) is 5.30. The van der Waals surface area contributed by atoms with Gasteiger partial charge < -0.3 is 4.74 Å². The summed E-state index contributed by atoms with van der Waals surface area (Å²) < 4.78 is 5.18. The van der Waals surface area contributed by atoms with Gasteiger partial charge in [-0.2, -0.15) is 0 Å². The molecule has 5 heteroatoms. The zero-order valence-corrected chi connectivity index (χ0v) is 14.2. The predicted octanol–water partition coefficient (Wildman–Crippen LogP) is 5.09. The van der Waals surface area contributed by atoms with Crippen LogP contribution < -0.4 is 5.32 Å². The average molecular weight is 324 g/mol. The zero-order valence-electron chi connectivity index (χ0n) is 13.4. The molecular weight excluding hydrogens is 302 g/mol. The number of hydrogen-bond acceptors (Lipinski definition) is 3. The van der Waals surface area contributed by atoms with Crippen molar-refractivity contribution in [2.75, 3.05) is 5.32 Å². The van der Waals surface area contributed by atoms with Crippen LogP contribution in [0.3, 0.4) is 0 Å². The summed E-state index contributed by atoms with van der Waals surface area (Å²) in [5, 5.41) is 3.11. The van der Waals surface area contributed by atoms with Crippen LogP contribution in [0.4, 0.5) is 10.5 Å². The van der Waals surface area contributed by atoms with Crippen LogP contribution in [0.1, 0.15) is 33.3 Å². The molecule has 0 spiro atoms. The Bertz CT molecular complexity index is 560. The molecule has 120 valence electrons. The summed E-state index contributed by atoms with van der Waals surface area (Å²) in [7, 11) is 0. The molecule has 0 atom stereocenters. The van der Waals surface area contributed by atoms with E-state index in [0.29, 0.717) is 16.3 Å². The molecule has 1 aromatic rings. The highest BCUT2D eigenvalue weighted by molar-refractivity contribution is 6.31. The Morgan fingerprint density at radius 3 is 2.36 bits per heavy atom. The molecule has 1 rings (SSSR count). The molecule has 0 aromatic heterocycles. The lowest BCUT2D eigenvalue weighted by atomic mass is 10.1. The van der Waals surface area contributed by atoms with E-state index in [1.54, 1.807) is 45.0 Å². The lowest BCUT2D eigenvalue weighted by molar-refractivity contribution is -0.112. The molecule has 22 heavy (non-hydrogen) atoms. The highest BCUT2D eigenvalue weighted by Crippen LogP contribution is 2.23. The van der Waals surface area contributed by atoms with E-state index in [1.807, 2.05) is 0 Å². The van der Waals surface area contributed by atoms with E-state index in [2.05, 4.69) is 18.5 Å². The van der Waals surface area contributed by atoms with Crippen LogP contribution in [0.25, 0.3) is 6.08 Å². The SMILES string of the molecule is C=C.CC(=O)/C=C/c1ccc(Cl)cc1NC(=O)OC(C)(C)C. The smallest absolute Gasteiger partial charge is 0.412 e. The lowest BCUT2D eigenvalue weighted by Gasteiger charge is -2.20. The van der Waals surface area contributed by atoms with Gasteiger partial charge in [0.1, 0.15) is 5.60 Å². The van der Waals surface area contributed by atoms with Gasteiger partial charge in [-0.05, 0) is 57.5 Å². The molecular formula is C17H22ClNO3. The molecule has 0 aliphatic heterocycles. The van der Waals surface area contributed by atoms with Crippen LogP contribution in [0, 0.1) is 0 Å². The van der Waals surface area contributed by atoms with E-state index in [4.69, 9.17) is 16.3 Å². The van der Waals surface area contributed by atoms with Gasteiger partial charge in [-0.1, -0.05) is 17.7 Å². The van der Waals surface area contributed by atoms with Crippen LogP contribution in [-0.4, -0.2) is 17.5 Å². The molecule has 0 aliphatic carbocycles. The Labute approximate surface area is 136 Å². The third-order valence-corrected chi connectivity index (χ3v) is 2.38. The van der Waals surface area contributed by atoms with Gasteiger partial charge in [-0.15, -0.1) is 13.2 Å². The lowest BCUT2D eigenvalue weighted by Crippen LogP contribution is -2.27. The number of allylic oxidation sites excluding steroid dienone is 1. The summed E-state index contributed by atoms with van der Waals surface area (Å²) in [6.07, 6.45) is 2.46. The quantitative estimate of drug-likeness (QED) is 0.622. The fourth-order valence-electron chi connectivity index (χ4n) is 1.40. The fraction of sp³-hybridized carbons (Fsp3) is 0.294. The number of carbonyl (C=O) groups excluding carboxylic acids is 2. The van der Waals surface area contributed by atoms with Gasteiger partial charge in [0.25, 0.3) is 0 Å². The minimum atomic E-state index is -0.585. The predicted molar refractivity (Wildman–Crippen MR) is 92.3 cm³/mol. The van der Waals surface area contributed by atoms with E-state index in [-0.39, 0.29) is 5.78 Å². The third kappa shape index (κ3) is 8.27. The Hall–Kier alpha value is -2.07. The highest BCUT2D eigenvalue weighted by atomic mass is 35.5. The first kappa shape index (κ1) is 19.9. The first-order valence-corrected chi connectivity index (χ1v) is 7.03. The number of ether oxygens (including phenoxy) is 1. The number of anilines is 1. The molecule has 4 nitrogen and oxygen atoms in total. The van der Waals surface area contributed by atoms with Gasteiger partial charge >= 0.3 is 6.09 Å². The number of nitrogens with one attached hydrogen (secondary N) is 1. The van der Waals surface area contributed by atoms with Gasteiger partial charge in [-0.3, -0.25) is 10.1 Å². The van der Waals surface area contributed by atoms with Crippen molar-refractivity contribution in [1.82, 2.24) is 0 Å². The average Bonchev–Trinajstić information content (AvgIpc) is 2.37. The largest absolute Gasteiger partial charge is 0.444 e. The summed E-state index contributed by atoms with van der Waals surface area (Å²) in [4.78, 5) is 22.7. The van der Waals surface area contributed by atoms with Crippen LogP contribution in [0.2, 0.25) is 5.02 Å². The van der Waals surface area contributed by atoms with Crippen molar-refractivity contribution < 1.29 is 14.3 Å². The third-order valence-electron chi connectivity index (χ3n) is 2.15. The number of ketones is 1. The van der Waals surface area contributed by atoms with Crippen molar-refractivity contribution in [1.29, 1.82) is 0 Å². The molecule has 0 fully saturated rings. The maximum absolute atomic E-state index is 11.8. The minimum absolute atomic E-state index is 0.0804. The van der Waals surface area contributed by atoms with Gasteiger partial charge in [0.2, 0.25) is 0 Å². The Morgan fingerprint density at radius 2 is 1.86 bits per heavy atom. The summed E-state index contributed by atoms with van der Waals surface area (Å²) in [6.45, 7) is 12.8. The first-order valence-electron chi connectivity index (χ1n) is 6.65. The summed E-state index contributed by atoms with van der Waals surface area (Å²) in [6, 6.07) is 5.00. The second-order valence-corrected chi connectivity index (χ2v) is 5.74. The standard InChI is InChI=1S/C15H18ClNO3.C2H4/c1-10(18)5-6-11-7-8-12(16)9-13(11)17-14(19)20-15(2,3)4;1-2/h5-9H,1-4H3,(H,17,19);1-2H2/b6-5+;. The van der Waals surface area contributed by atoms with E-state index < -0.39 is 11.7 Å². The molecule has 0 saturated heterocycles. The number of benzene rings is 1. The van der Waals surface area contributed by atoms with Crippen molar-refractivity contribution in [3.63, 3.8) is 0 Å². The molecule has 0 heterocycles. The second kappa shape index (κ2) is 9.05. The van der Waals surface area contributed by atoms with Crippen LogP contribution in [0.5, 0.6) is 0 Å². The molecule has 0 bridgehead atoms. The molecule has 1 aromatic carbocycles. The number of amides is 1. The minimum Gasteiger partial charge on any atom is -0.444 e. The summed E-state index contributed by atoms with van der Waals surface area (Å²) in [5.74, 6) is -0.0804. The molecule has 0 unspecified atom stereocenters. The van der Waals surface area contributed by atoms with Gasteiger partial charge in [0.05, 0.1) is 5.69 Å². The molecule has 1 N–H and O–H groups in total. The van der Waals surface area contributed by atoms with Gasteiger partial charge in [-0.25, -0.2) is 4.79 Å². The van der Waals surface area contributed by atoms with E-state index >= 15 is 0 Å². The van der Waals surface area contributed by atoms with Crippen LogP contribution in [0.15, 0.2) is 37.4 Å². The maximum atomic E-state index is 11.8. The molecule has 1 amide bonds. The normalized spacial score (nSPS) is 10.6. The van der Waals surface area contributed by atoms with Crippen molar-refractivity contribution in [2.45, 2.75) is 33.3 Å². The summed E-state index contributed by atoms with van der Waals surface area (Å²) >= 11 is 5.91. The topological polar surface area (TPSA) is 55.4 Å². The van der Waals surface area contributed by atoms with Gasteiger partial charge in [0.15, 0.2) is 5.78 Å². The molecule has 0 aliphatic rings. The Kier molecular flexibility index (Phi) is 8.20. The van der Waals surface area contributed by atoms with Crippen molar-refractivity contribution in [2.24, 2.45) is 0 Å². The number of carbonyl (C=O) groups is 2. The van der Waals surface area contributed by atoms with Crippen LogP contribution >= 0.6 is 11.6 Å². The van der Waals surface area contributed by atoms with Crippen LogP contribution in [-0.2, 0) is 9.53 Å². The monoisotopic (exact) mass is 323 g/mol. The van der Waals surface area contributed by atoms with Crippen molar-refractivity contribution in [3.05, 3.63) is 48.0 Å². The number of rotatable bonds is 3. The van der Waals surface area contributed by atoms with Gasteiger partial charge in [0, 0.05) is 5.02 Å². The maximum Gasteiger partial charge on any atom is 0.412 e. The van der Waals surface area contributed by atoms with Crippen molar-refractivity contribution >= 4 is 35.2 Å². The Balaban J connectivity index is 0.00000211. The Morgan fingerprint density at radius 1 is 1.27 bits per heavy atom. The van der Waals surface area contributed by atoms with E-state index in [1.165, 1.54) is 13.0 Å². The van der Waals surface area contributed by atoms with E-state index in [9.17, 15) is 9.59 Å². The first-order chi connectivity index (χ1) is 10.2.